The van der Waals surface area contributed by atoms with E-state index in [2.05, 4.69) is 5.32 Å². The Bertz CT molecular complexity index is 396. The minimum atomic E-state index is -1.24. The van der Waals surface area contributed by atoms with E-state index in [1.807, 2.05) is 0 Å². The van der Waals surface area contributed by atoms with Crippen LogP contribution in [0.1, 0.15) is 12.0 Å². The van der Waals surface area contributed by atoms with Crippen LogP contribution in [0.25, 0.3) is 0 Å². The van der Waals surface area contributed by atoms with Crippen LogP contribution in [0.5, 0.6) is 0 Å². The zero-order valence-corrected chi connectivity index (χ0v) is 8.27. The molecule has 0 aliphatic rings. The molecule has 0 spiro atoms. The molecule has 0 radical (unpaired) electrons. The summed E-state index contributed by atoms with van der Waals surface area (Å²) in [5.41, 5.74) is -0.0377. The van der Waals surface area contributed by atoms with Gasteiger partial charge in [0, 0.05) is 24.7 Å². The van der Waals surface area contributed by atoms with Gasteiger partial charge in [0.2, 0.25) is 0 Å². The summed E-state index contributed by atoms with van der Waals surface area (Å²) in [6, 6.07) is 1.21. The number of aliphatic carboxylic acids is 1. The Kier molecular flexibility index (Phi) is 4.30. The molecule has 0 aromatic heterocycles. The summed E-state index contributed by atoms with van der Waals surface area (Å²) in [6.45, 7) is 0.0874. The Labute approximate surface area is 89.9 Å². The van der Waals surface area contributed by atoms with E-state index >= 15 is 0 Å². The molecule has 0 saturated carbocycles. The molecule has 1 aromatic carbocycles. The molecule has 0 fully saturated rings. The molecule has 0 heterocycles. The number of hydrogen-bond acceptors (Lipinski definition) is 2. The highest BCUT2D eigenvalue weighted by atomic mass is 19.2. The van der Waals surface area contributed by atoms with Crippen LogP contribution in [-0.2, 0) is 11.3 Å². The van der Waals surface area contributed by atoms with Crippen molar-refractivity contribution in [3.05, 3.63) is 35.1 Å². The Balaban J connectivity index is 2.54. The maximum absolute atomic E-state index is 13.1. The number of carbonyl (C=O) groups is 1. The predicted octanol–water partition coefficient (Wildman–Crippen LogP) is 1.67. The third-order valence-electron chi connectivity index (χ3n) is 1.92. The summed E-state index contributed by atoms with van der Waals surface area (Å²) in [7, 11) is 0. The van der Waals surface area contributed by atoms with Gasteiger partial charge in [-0.15, -0.1) is 0 Å². The topological polar surface area (TPSA) is 49.3 Å². The van der Waals surface area contributed by atoms with Gasteiger partial charge in [0.1, 0.15) is 5.82 Å². The largest absolute Gasteiger partial charge is 0.481 e. The fourth-order valence-electron chi connectivity index (χ4n) is 1.12. The number of benzene rings is 1. The van der Waals surface area contributed by atoms with Gasteiger partial charge in [0.15, 0.2) is 11.6 Å². The number of halogens is 3. The molecule has 0 atom stereocenters. The van der Waals surface area contributed by atoms with E-state index in [1.54, 1.807) is 0 Å². The van der Waals surface area contributed by atoms with E-state index in [4.69, 9.17) is 5.11 Å². The number of carboxylic acid groups (broad SMARTS) is 1. The first-order chi connectivity index (χ1) is 7.50. The van der Waals surface area contributed by atoms with E-state index in [0.717, 1.165) is 6.07 Å². The normalized spacial score (nSPS) is 10.4. The SMILES string of the molecule is O=C(O)CCNCc1cc(F)c(F)cc1F. The van der Waals surface area contributed by atoms with Crippen molar-refractivity contribution in [3.8, 4) is 0 Å². The van der Waals surface area contributed by atoms with E-state index in [1.165, 1.54) is 0 Å². The van der Waals surface area contributed by atoms with Crippen LogP contribution in [0, 0.1) is 17.5 Å². The van der Waals surface area contributed by atoms with Gasteiger partial charge in [-0.2, -0.15) is 0 Å². The summed E-state index contributed by atoms with van der Waals surface area (Å²) < 4.78 is 38.3. The third kappa shape index (κ3) is 3.54. The molecule has 0 amide bonds. The summed E-state index contributed by atoms with van der Waals surface area (Å²) in [6.07, 6.45) is -0.120. The van der Waals surface area contributed by atoms with Gasteiger partial charge in [0.25, 0.3) is 0 Å². The summed E-state index contributed by atoms with van der Waals surface area (Å²) in [5, 5.41) is 10.9. The Morgan fingerprint density at radius 1 is 1.19 bits per heavy atom. The number of carboxylic acids is 1. The number of nitrogens with one attached hydrogen (secondary N) is 1. The van der Waals surface area contributed by atoms with Crippen LogP contribution < -0.4 is 5.32 Å². The molecule has 0 saturated heterocycles. The molecule has 0 bridgehead atoms. The molecule has 3 nitrogen and oxygen atoms in total. The average Bonchev–Trinajstić information content (AvgIpc) is 2.19. The molecule has 6 heteroatoms. The van der Waals surface area contributed by atoms with Gasteiger partial charge in [-0.25, -0.2) is 13.2 Å². The molecular formula is C10H10F3NO2. The maximum atomic E-state index is 13.1. The Morgan fingerprint density at radius 3 is 2.44 bits per heavy atom. The lowest BCUT2D eigenvalue weighted by Gasteiger charge is -2.05. The monoisotopic (exact) mass is 233 g/mol. The van der Waals surface area contributed by atoms with Crippen LogP contribution in [0.2, 0.25) is 0 Å². The van der Waals surface area contributed by atoms with Crippen molar-refractivity contribution in [2.75, 3.05) is 6.54 Å². The zero-order valence-electron chi connectivity index (χ0n) is 8.27. The molecular weight excluding hydrogens is 223 g/mol. The predicted molar refractivity (Wildman–Crippen MR) is 50.3 cm³/mol. The van der Waals surface area contributed by atoms with Gasteiger partial charge in [-0.05, 0) is 6.07 Å². The second-order valence-electron chi connectivity index (χ2n) is 3.18. The molecule has 16 heavy (non-hydrogen) atoms. The fourth-order valence-corrected chi connectivity index (χ4v) is 1.12. The van der Waals surface area contributed by atoms with Crippen molar-refractivity contribution in [1.82, 2.24) is 5.32 Å². The smallest absolute Gasteiger partial charge is 0.304 e. The lowest BCUT2D eigenvalue weighted by Crippen LogP contribution is -2.18. The van der Waals surface area contributed by atoms with Gasteiger partial charge in [0.05, 0.1) is 6.42 Å². The molecule has 1 aromatic rings. The zero-order chi connectivity index (χ0) is 12.1. The Morgan fingerprint density at radius 2 is 1.81 bits per heavy atom. The molecule has 0 unspecified atom stereocenters. The van der Waals surface area contributed by atoms with Crippen molar-refractivity contribution in [1.29, 1.82) is 0 Å². The summed E-state index contributed by atoms with van der Waals surface area (Å²) >= 11 is 0. The van der Waals surface area contributed by atoms with Gasteiger partial charge >= 0.3 is 5.97 Å². The highest BCUT2D eigenvalue weighted by Gasteiger charge is 2.09. The summed E-state index contributed by atoms with van der Waals surface area (Å²) in [5.74, 6) is -4.22. The first-order valence-electron chi connectivity index (χ1n) is 4.56. The van der Waals surface area contributed by atoms with Gasteiger partial charge in [-0.3, -0.25) is 4.79 Å². The van der Waals surface area contributed by atoms with Crippen molar-refractivity contribution in [3.63, 3.8) is 0 Å². The summed E-state index contributed by atoms with van der Waals surface area (Å²) in [4.78, 5) is 10.2. The van der Waals surface area contributed by atoms with Crippen LogP contribution in [0.4, 0.5) is 13.2 Å². The van der Waals surface area contributed by atoms with Crippen molar-refractivity contribution >= 4 is 5.97 Å². The minimum absolute atomic E-state index is 0.0377. The van der Waals surface area contributed by atoms with Gasteiger partial charge < -0.3 is 10.4 Å². The van der Waals surface area contributed by atoms with E-state index in [-0.39, 0.29) is 25.1 Å². The second kappa shape index (κ2) is 5.50. The first kappa shape index (κ1) is 12.5. The van der Waals surface area contributed by atoms with Crippen LogP contribution in [-0.4, -0.2) is 17.6 Å². The van der Waals surface area contributed by atoms with Crippen LogP contribution >= 0.6 is 0 Å². The standard InChI is InChI=1S/C10H10F3NO2/c11-7-4-9(13)8(12)3-6(7)5-14-2-1-10(15)16/h3-4,14H,1-2,5H2,(H,15,16). The van der Waals surface area contributed by atoms with Crippen molar-refractivity contribution in [2.24, 2.45) is 0 Å². The van der Waals surface area contributed by atoms with Crippen molar-refractivity contribution in [2.45, 2.75) is 13.0 Å². The highest BCUT2D eigenvalue weighted by Crippen LogP contribution is 2.13. The van der Waals surface area contributed by atoms with Crippen LogP contribution in [0.3, 0.4) is 0 Å². The van der Waals surface area contributed by atoms with Crippen LogP contribution in [0.15, 0.2) is 12.1 Å². The number of hydrogen-bond donors (Lipinski definition) is 2. The molecule has 2 N–H and O–H groups in total. The second-order valence-corrected chi connectivity index (χ2v) is 3.18. The number of rotatable bonds is 5. The Hall–Kier alpha value is -1.56. The lowest BCUT2D eigenvalue weighted by molar-refractivity contribution is -0.136. The molecule has 1 rings (SSSR count). The van der Waals surface area contributed by atoms with Crippen molar-refractivity contribution < 1.29 is 23.1 Å². The van der Waals surface area contributed by atoms with E-state index < -0.39 is 23.4 Å². The third-order valence-corrected chi connectivity index (χ3v) is 1.92. The lowest BCUT2D eigenvalue weighted by atomic mass is 10.2. The van der Waals surface area contributed by atoms with Gasteiger partial charge in [-0.1, -0.05) is 0 Å². The first-order valence-corrected chi connectivity index (χ1v) is 4.56. The van der Waals surface area contributed by atoms with E-state index in [9.17, 15) is 18.0 Å². The quantitative estimate of drug-likeness (QED) is 0.600. The van der Waals surface area contributed by atoms with E-state index in [0.29, 0.717) is 6.07 Å². The molecule has 0 aliphatic heterocycles. The minimum Gasteiger partial charge on any atom is -0.481 e. The highest BCUT2D eigenvalue weighted by molar-refractivity contribution is 5.66. The molecule has 88 valence electrons. The molecule has 0 aliphatic carbocycles. The fraction of sp³-hybridized carbons (Fsp3) is 0.300. The maximum Gasteiger partial charge on any atom is 0.304 e. The average molecular weight is 233 g/mol.